The predicted octanol–water partition coefficient (Wildman–Crippen LogP) is 7.30. The van der Waals surface area contributed by atoms with E-state index in [0.717, 1.165) is 52.3 Å². The highest BCUT2D eigenvalue weighted by molar-refractivity contribution is 7.25. The van der Waals surface area contributed by atoms with Gasteiger partial charge < -0.3 is 4.74 Å². The van der Waals surface area contributed by atoms with E-state index in [4.69, 9.17) is 0 Å². The predicted molar refractivity (Wildman–Crippen MR) is 97.0 cm³/mol. The van der Waals surface area contributed by atoms with E-state index in [1.54, 1.807) is 0 Å². The molecular formula is C20H16F4OS. The van der Waals surface area contributed by atoms with Crippen molar-refractivity contribution >= 4 is 37.1 Å². The Labute approximate surface area is 151 Å². The average Bonchev–Trinajstić information content (AvgIpc) is 2.95. The van der Waals surface area contributed by atoms with Gasteiger partial charge in [0.2, 0.25) is 0 Å². The molecule has 0 radical (unpaired) electrons. The Hall–Kier alpha value is -2.08. The number of rotatable bonds is 2. The van der Waals surface area contributed by atoms with E-state index in [2.05, 4.69) is 17.7 Å². The SMILES string of the molecule is CC1CC=C(c2ccc3c(c2)sc2c(F)c(OC(F)(F)F)ccc23)CC1. The van der Waals surface area contributed by atoms with Crippen molar-refractivity contribution < 1.29 is 22.3 Å². The van der Waals surface area contributed by atoms with Crippen molar-refractivity contribution in [1.29, 1.82) is 0 Å². The van der Waals surface area contributed by atoms with Gasteiger partial charge >= 0.3 is 6.36 Å². The largest absolute Gasteiger partial charge is 0.573 e. The zero-order chi connectivity index (χ0) is 18.5. The van der Waals surface area contributed by atoms with E-state index in [1.807, 2.05) is 18.2 Å². The number of thiophene rings is 1. The van der Waals surface area contributed by atoms with Crippen LogP contribution >= 0.6 is 11.3 Å². The fourth-order valence-electron chi connectivity index (χ4n) is 3.42. The second-order valence-corrected chi connectivity index (χ2v) is 7.78. The maximum absolute atomic E-state index is 14.5. The molecule has 0 fully saturated rings. The minimum atomic E-state index is -4.91. The molecular weight excluding hydrogens is 364 g/mol. The molecule has 2 aromatic carbocycles. The normalized spacial score (nSPS) is 18.3. The van der Waals surface area contributed by atoms with Crippen molar-refractivity contribution in [3.8, 4) is 5.75 Å². The third-order valence-corrected chi connectivity index (χ3v) is 5.98. The lowest BCUT2D eigenvalue weighted by Gasteiger charge is -2.18. The number of ether oxygens (including phenoxy) is 1. The molecule has 0 aliphatic heterocycles. The molecule has 26 heavy (non-hydrogen) atoms. The Balaban J connectivity index is 1.80. The van der Waals surface area contributed by atoms with Crippen molar-refractivity contribution in [2.75, 3.05) is 0 Å². The zero-order valence-electron chi connectivity index (χ0n) is 14.0. The second kappa shape index (κ2) is 6.27. The van der Waals surface area contributed by atoms with Crippen LogP contribution < -0.4 is 4.74 Å². The lowest BCUT2D eigenvalue weighted by molar-refractivity contribution is -0.275. The molecule has 0 spiro atoms. The zero-order valence-corrected chi connectivity index (χ0v) is 14.8. The van der Waals surface area contributed by atoms with Gasteiger partial charge in [-0.05, 0) is 54.5 Å². The van der Waals surface area contributed by atoms with Gasteiger partial charge in [0.1, 0.15) is 0 Å². The van der Waals surface area contributed by atoms with E-state index in [1.165, 1.54) is 11.6 Å². The Kier molecular flexibility index (Phi) is 4.18. The van der Waals surface area contributed by atoms with Crippen LogP contribution in [0, 0.1) is 11.7 Å². The molecule has 1 aromatic heterocycles. The Morgan fingerprint density at radius 2 is 1.88 bits per heavy atom. The number of hydrogen-bond donors (Lipinski definition) is 0. The highest BCUT2D eigenvalue weighted by atomic mass is 32.1. The first kappa shape index (κ1) is 17.3. The van der Waals surface area contributed by atoms with Crippen molar-refractivity contribution in [2.24, 2.45) is 5.92 Å². The van der Waals surface area contributed by atoms with Crippen molar-refractivity contribution in [3.05, 3.63) is 47.8 Å². The minimum Gasteiger partial charge on any atom is -0.403 e. The van der Waals surface area contributed by atoms with E-state index >= 15 is 0 Å². The molecule has 1 aliphatic rings. The molecule has 1 nitrogen and oxygen atoms in total. The topological polar surface area (TPSA) is 9.23 Å². The number of halogens is 4. The van der Waals surface area contributed by atoms with Crippen molar-refractivity contribution in [1.82, 2.24) is 0 Å². The molecule has 0 amide bonds. The van der Waals surface area contributed by atoms with E-state index in [-0.39, 0.29) is 4.70 Å². The summed E-state index contributed by atoms with van der Waals surface area (Å²) >= 11 is 1.16. The molecule has 4 rings (SSSR count). The van der Waals surface area contributed by atoms with Gasteiger partial charge in [0.05, 0.1) is 4.70 Å². The van der Waals surface area contributed by atoms with Gasteiger partial charge in [-0.3, -0.25) is 0 Å². The van der Waals surface area contributed by atoms with Gasteiger partial charge in [-0.25, -0.2) is 4.39 Å². The monoisotopic (exact) mass is 380 g/mol. The molecule has 1 heterocycles. The molecule has 3 aromatic rings. The van der Waals surface area contributed by atoms with Crippen LogP contribution in [0.15, 0.2) is 36.4 Å². The summed E-state index contributed by atoms with van der Waals surface area (Å²) in [6.45, 7) is 2.23. The quantitative estimate of drug-likeness (QED) is 0.424. The van der Waals surface area contributed by atoms with Gasteiger partial charge in [-0.15, -0.1) is 24.5 Å². The molecule has 0 saturated carbocycles. The standard InChI is InChI=1S/C20H16F4OS/c1-11-2-4-12(5-3-11)13-6-7-14-15-8-9-16(25-20(22,23)24)18(21)19(15)26-17(14)10-13/h4,6-11H,2-3,5H2,1H3. The summed E-state index contributed by atoms with van der Waals surface area (Å²) in [5, 5.41) is 1.45. The Bertz CT molecular complexity index is 1020. The van der Waals surface area contributed by atoms with Crippen LogP contribution in [0.25, 0.3) is 25.7 Å². The van der Waals surface area contributed by atoms with Gasteiger partial charge in [-0.2, -0.15) is 0 Å². The first-order chi connectivity index (χ1) is 12.3. The van der Waals surface area contributed by atoms with Gasteiger partial charge in [0.25, 0.3) is 0 Å². The van der Waals surface area contributed by atoms with Crippen LogP contribution in [0.1, 0.15) is 31.7 Å². The molecule has 1 atom stereocenters. The first-order valence-corrected chi connectivity index (χ1v) is 9.23. The number of allylic oxidation sites excluding steroid dienone is 2. The van der Waals surface area contributed by atoms with Crippen LogP contribution in [-0.2, 0) is 0 Å². The third-order valence-electron chi connectivity index (χ3n) is 4.82. The van der Waals surface area contributed by atoms with Crippen molar-refractivity contribution in [3.63, 3.8) is 0 Å². The summed E-state index contributed by atoms with van der Waals surface area (Å²) in [7, 11) is 0. The number of alkyl halides is 3. The van der Waals surface area contributed by atoms with Gasteiger partial charge in [-0.1, -0.05) is 25.1 Å². The number of hydrogen-bond acceptors (Lipinski definition) is 2. The summed E-state index contributed by atoms with van der Waals surface area (Å²) in [5.74, 6) is -1.07. The first-order valence-electron chi connectivity index (χ1n) is 8.42. The molecule has 0 bridgehead atoms. The van der Waals surface area contributed by atoms with E-state index < -0.39 is 17.9 Å². The minimum absolute atomic E-state index is 0.185. The fraction of sp³-hybridized carbons (Fsp3) is 0.300. The third kappa shape index (κ3) is 3.18. The summed E-state index contributed by atoms with van der Waals surface area (Å²) in [4.78, 5) is 0. The molecule has 1 unspecified atom stereocenters. The molecule has 136 valence electrons. The van der Waals surface area contributed by atoms with Gasteiger partial charge in [0, 0.05) is 15.5 Å². The molecule has 0 saturated heterocycles. The Morgan fingerprint density at radius 1 is 1.12 bits per heavy atom. The molecule has 1 aliphatic carbocycles. The van der Waals surface area contributed by atoms with E-state index in [9.17, 15) is 17.6 Å². The van der Waals surface area contributed by atoms with Crippen molar-refractivity contribution in [2.45, 2.75) is 32.5 Å². The number of benzene rings is 2. The summed E-state index contributed by atoms with van der Waals surface area (Å²) in [6, 6.07) is 8.46. The van der Waals surface area contributed by atoms with Gasteiger partial charge in [0.15, 0.2) is 11.6 Å². The fourth-order valence-corrected chi connectivity index (χ4v) is 4.59. The van der Waals surface area contributed by atoms with Crippen LogP contribution in [0.3, 0.4) is 0 Å². The molecule has 0 N–H and O–H groups in total. The van der Waals surface area contributed by atoms with Crippen LogP contribution in [0.5, 0.6) is 5.75 Å². The summed E-state index contributed by atoms with van der Waals surface area (Å²) < 4.78 is 56.6. The average molecular weight is 380 g/mol. The highest BCUT2D eigenvalue weighted by Crippen LogP contribution is 2.41. The molecule has 6 heteroatoms. The lowest BCUT2D eigenvalue weighted by atomic mass is 9.87. The maximum atomic E-state index is 14.5. The summed E-state index contributed by atoms with van der Waals surface area (Å²) in [6.07, 6.45) is 0.534. The number of fused-ring (bicyclic) bond motifs is 3. The Morgan fingerprint density at radius 3 is 2.58 bits per heavy atom. The summed E-state index contributed by atoms with van der Waals surface area (Å²) in [5.41, 5.74) is 2.38. The maximum Gasteiger partial charge on any atom is 0.573 e. The second-order valence-electron chi connectivity index (χ2n) is 6.72. The van der Waals surface area contributed by atoms with Crippen LogP contribution in [0.2, 0.25) is 0 Å². The lowest BCUT2D eigenvalue weighted by Crippen LogP contribution is -2.17. The van der Waals surface area contributed by atoms with E-state index in [0.29, 0.717) is 11.3 Å². The highest BCUT2D eigenvalue weighted by Gasteiger charge is 2.33. The smallest absolute Gasteiger partial charge is 0.403 e. The van der Waals surface area contributed by atoms with Crippen LogP contribution in [-0.4, -0.2) is 6.36 Å². The van der Waals surface area contributed by atoms with Crippen LogP contribution in [0.4, 0.5) is 17.6 Å².